The average molecular weight is 115 g/mol. The Morgan fingerprint density at radius 2 is 1.88 bits per heavy atom. The Hall–Kier alpha value is -0.630. The highest BCUT2D eigenvalue weighted by atomic mass is 16.2. The number of aliphatic hydroxyl groups excluding tert-OH is 1. The molecule has 2 N–H and O–H groups in total. The van der Waals surface area contributed by atoms with Gasteiger partial charge in [0.1, 0.15) is 0 Å². The first-order valence-electron chi connectivity index (χ1n) is 2.40. The average Bonchev–Trinajstić information content (AvgIpc) is 1.72. The van der Waals surface area contributed by atoms with Gasteiger partial charge in [-0.2, -0.15) is 0 Å². The maximum Gasteiger partial charge on any atom is 0.0319 e. The van der Waals surface area contributed by atoms with Gasteiger partial charge in [-0.25, -0.2) is 0 Å². The second kappa shape index (κ2) is 9.62. The van der Waals surface area contributed by atoms with Crippen molar-refractivity contribution in [2.24, 2.45) is 0 Å². The molecule has 0 heterocycles. The molecule has 0 unspecified atom stereocenters. The van der Waals surface area contributed by atoms with Crippen molar-refractivity contribution in [3.8, 4) is 0 Å². The van der Waals surface area contributed by atoms with Gasteiger partial charge in [0.15, 0.2) is 0 Å². The first-order chi connectivity index (χ1) is 3.77. The number of aliphatic hydroxyl groups is 1. The van der Waals surface area contributed by atoms with Gasteiger partial charge < -0.3 is 10.5 Å². The summed E-state index contributed by atoms with van der Waals surface area (Å²) in [6.07, 6.45) is 3.60. The summed E-state index contributed by atoms with van der Waals surface area (Å²) in [7, 11) is 1.00. The molecule has 0 aliphatic rings. The molecule has 0 aromatic carbocycles. The van der Waals surface area contributed by atoms with Gasteiger partial charge in [0.25, 0.3) is 0 Å². The van der Waals surface area contributed by atoms with E-state index in [-0.39, 0.29) is 0 Å². The lowest BCUT2D eigenvalue weighted by atomic mass is 10.4. The van der Waals surface area contributed by atoms with Crippen molar-refractivity contribution >= 4 is 5.71 Å². The molecule has 0 amide bonds. The van der Waals surface area contributed by atoms with E-state index in [9.17, 15) is 0 Å². The highest BCUT2D eigenvalue weighted by Crippen LogP contribution is 1.70. The summed E-state index contributed by atoms with van der Waals surface area (Å²) >= 11 is 0. The molecule has 2 nitrogen and oxygen atoms in total. The van der Waals surface area contributed by atoms with Crippen molar-refractivity contribution in [1.29, 1.82) is 5.41 Å². The molecule has 0 rings (SSSR count). The molecule has 0 spiro atoms. The van der Waals surface area contributed by atoms with Crippen LogP contribution in [0.15, 0.2) is 12.2 Å². The van der Waals surface area contributed by atoms with Gasteiger partial charge in [-0.1, -0.05) is 6.08 Å². The molecule has 2 heteroatoms. The summed E-state index contributed by atoms with van der Waals surface area (Å²) in [5.41, 5.74) is 0.609. The number of hydrogen-bond donors (Lipinski definition) is 2. The van der Waals surface area contributed by atoms with Crippen molar-refractivity contribution in [3.63, 3.8) is 0 Å². The minimum Gasteiger partial charge on any atom is -0.400 e. The van der Waals surface area contributed by atoms with Crippen LogP contribution in [-0.4, -0.2) is 17.9 Å². The number of allylic oxidation sites excluding steroid dienone is 2. The van der Waals surface area contributed by atoms with Gasteiger partial charge in [-0.05, 0) is 19.9 Å². The number of rotatable bonds is 1. The van der Waals surface area contributed by atoms with E-state index in [4.69, 9.17) is 10.5 Å². The van der Waals surface area contributed by atoms with Crippen molar-refractivity contribution < 1.29 is 5.11 Å². The Kier molecular flexibility index (Phi) is 12.5. The van der Waals surface area contributed by atoms with E-state index >= 15 is 0 Å². The summed E-state index contributed by atoms with van der Waals surface area (Å²) in [5, 5.41) is 13.8. The maximum absolute atomic E-state index is 7.00. The van der Waals surface area contributed by atoms with Crippen LogP contribution in [0.3, 0.4) is 0 Å². The predicted octanol–water partition coefficient (Wildman–Crippen LogP) is 1.21. The molecular formula is C6H13NO. The van der Waals surface area contributed by atoms with Crippen LogP contribution in [-0.2, 0) is 0 Å². The molecule has 0 fully saturated rings. The molecule has 0 radical (unpaired) electrons. The van der Waals surface area contributed by atoms with Gasteiger partial charge in [0.05, 0.1) is 0 Å². The molecule has 8 heavy (non-hydrogen) atoms. The normalized spacial score (nSPS) is 8.00. The molecule has 0 aliphatic heterocycles. The van der Waals surface area contributed by atoms with Crippen molar-refractivity contribution in [3.05, 3.63) is 12.2 Å². The van der Waals surface area contributed by atoms with Crippen LogP contribution in [0.1, 0.15) is 13.8 Å². The first kappa shape index (κ1) is 10.4. The minimum absolute atomic E-state index is 0.609. The van der Waals surface area contributed by atoms with E-state index in [0.717, 1.165) is 7.11 Å². The molecule has 0 saturated heterocycles. The van der Waals surface area contributed by atoms with Crippen molar-refractivity contribution in [2.45, 2.75) is 13.8 Å². The molecule has 0 atom stereocenters. The van der Waals surface area contributed by atoms with Crippen LogP contribution < -0.4 is 0 Å². The largest absolute Gasteiger partial charge is 0.400 e. The Labute approximate surface area is 50.4 Å². The summed E-state index contributed by atoms with van der Waals surface area (Å²) in [6.45, 7) is 3.65. The zero-order chi connectivity index (χ0) is 6.99. The SMILES string of the molecule is C/C=C\C(C)=N.CO. The van der Waals surface area contributed by atoms with Gasteiger partial charge in [-0.3, -0.25) is 0 Å². The fourth-order valence-corrected chi connectivity index (χ4v) is 0.250. The van der Waals surface area contributed by atoms with Gasteiger partial charge >= 0.3 is 0 Å². The lowest BCUT2D eigenvalue weighted by Crippen LogP contribution is -1.74. The maximum atomic E-state index is 7.00. The lowest BCUT2D eigenvalue weighted by molar-refractivity contribution is 0.399. The molecule has 0 bridgehead atoms. The van der Waals surface area contributed by atoms with Crippen LogP contribution in [0.5, 0.6) is 0 Å². The molecule has 48 valence electrons. The first-order valence-corrected chi connectivity index (χ1v) is 2.40. The zero-order valence-corrected chi connectivity index (χ0v) is 5.60. The van der Waals surface area contributed by atoms with Crippen molar-refractivity contribution in [2.75, 3.05) is 7.11 Å². The van der Waals surface area contributed by atoms with Crippen LogP contribution in [0.25, 0.3) is 0 Å². The van der Waals surface area contributed by atoms with Gasteiger partial charge in [-0.15, -0.1) is 0 Å². The third-order valence-electron chi connectivity index (χ3n) is 0.417. The molecular weight excluding hydrogens is 102 g/mol. The van der Waals surface area contributed by atoms with Crippen LogP contribution in [0.4, 0.5) is 0 Å². The lowest BCUT2D eigenvalue weighted by Gasteiger charge is -1.73. The number of hydrogen-bond acceptors (Lipinski definition) is 2. The molecule has 0 aromatic heterocycles. The van der Waals surface area contributed by atoms with E-state index < -0.39 is 0 Å². The van der Waals surface area contributed by atoms with E-state index in [1.807, 2.05) is 13.0 Å². The Bertz CT molecular complexity index is 76.6. The van der Waals surface area contributed by atoms with Crippen LogP contribution in [0, 0.1) is 5.41 Å². The Balaban J connectivity index is 0. The standard InChI is InChI=1S/C5H9N.CH4O/c1-3-4-5(2)6;1-2/h3-4,6H,1-2H3;2H,1H3/b4-3-,6-5?;. The summed E-state index contributed by atoms with van der Waals surface area (Å²) in [4.78, 5) is 0. The second-order valence-electron chi connectivity index (χ2n) is 1.18. The quantitative estimate of drug-likeness (QED) is 0.496. The van der Waals surface area contributed by atoms with Crippen molar-refractivity contribution in [1.82, 2.24) is 0 Å². The highest BCUT2D eigenvalue weighted by molar-refractivity contribution is 5.89. The molecule has 0 aromatic rings. The van der Waals surface area contributed by atoms with E-state index in [1.54, 1.807) is 13.0 Å². The summed E-state index contributed by atoms with van der Waals surface area (Å²) in [6, 6.07) is 0. The smallest absolute Gasteiger partial charge is 0.0319 e. The highest BCUT2D eigenvalue weighted by Gasteiger charge is 1.66. The topological polar surface area (TPSA) is 44.1 Å². The summed E-state index contributed by atoms with van der Waals surface area (Å²) < 4.78 is 0. The van der Waals surface area contributed by atoms with E-state index in [1.165, 1.54) is 0 Å². The zero-order valence-electron chi connectivity index (χ0n) is 5.60. The fourth-order valence-electron chi connectivity index (χ4n) is 0.250. The van der Waals surface area contributed by atoms with Crippen LogP contribution >= 0.6 is 0 Å². The third kappa shape index (κ3) is 18.3. The summed E-state index contributed by atoms with van der Waals surface area (Å²) in [5.74, 6) is 0. The second-order valence-corrected chi connectivity index (χ2v) is 1.18. The Morgan fingerprint density at radius 3 is 1.88 bits per heavy atom. The third-order valence-corrected chi connectivity index (χ3v) is 0.417. The van der Waals surface area contributed by atoms with Crippen LogP contribution in [0.2, 0.25) is 0 Å². The van der Waals surface area contributed by atoms with E-state index in [0.29, 0.717) is 5.71 Å². The van der Waals surface area contributed by atoms with Gasteiger partial charge in [0, 0.05) is 12.8 Å². The van der Waals surface area contributed by atoms with E-state index in [2.05, 4.69) is 0 Å². The Morgan fingerprint density at radius 1 is 1.50 bits per heavy atom. The fraction of sp³-hybridized carbons (Fsp3) is 0.500. The molecule has 0 aliphatic carbocycles. The monoisotopic (exact) mass is 115 g/mol. The minimum atomic E-state index is 0.609. The molecule has 0 saturated carbocycles. The predicted molar refractivity (Wildman–Crippen MR) is 36.4 cm³/mol. The van der Waals surface area contributed by atoms with Gasteiger partial charge in [0.2, 0.25) is 0 Å². The number of nitrogens with one attached hydrogen (secondary N) is 1.